The Kier molecular flexibility index (Phi) is 30.7. The van der Waals surface area contributed by atoms with Gasteiger partial charge in [-0.15, -0.1) is 51.9 Å². The average molecular weight is 1370 g/mol. The Morgan fingerprint density at radius 1 is 0.716 bits per heavy atom. The fourth-order valence-corrected chi connectivity index (χ4v) is 10.9. The van der Waals surface area contributed by atoms with E-state index in [1.54, 1.807) is 62.9 Å². The molecule has 1 atom stereocenters. The zero-order valence-electron chi connectivity index (χ0n) is 38.8. The first-order valence-corrected chi connectivity index (χ1v) is 37.0. The molecule has 6 aromatic rings. The molecule has 0 radical (unpaired) electrons. The van der Waals surface area contributed by atoms with Crippen molar-refractivity contribution < 1.29 is 23.3 Å². The number of thiophene rings is 4. The van der Waals surface area contributed by atoms with E-state index in [0.29, 0.717) is 30.3 Å². The van der Waals surface area contributed by atoms with Crippen molar-refractivity contribution in [2.45, 2.75) is 146 Å². The summed E-state index contributed by atoms with van der Waals surface area (Å²) in [5.41, 5.74) is 6.72. The van der Waals surface area contributed by atoms with E-state index in [2.05, 4.69) is 185 Å². The zero-order valence-corrected chi connectivity index (χ0v) is 49.9. The summed E-state index contributed by atoms with van der Waals surface area (Å²) in [6.45, 7) is 35.6. The van der Waals surface area contributed by atoms with Crippen LogP contribution in [0.15, 0.2) is 67.5 Å². The minimum absolute atomic E-state index is 0. The third kappa shape index (κ3) is 19.2. The summed E-state index contributed by atoms with van der Waals surface area (Å²) in [4.78, 5) is 45.0. The topological polar surface area (TPSA) is 96.6 Å². The van der Waals surface area contributed by atoms with Crippen LogP contribution in [0.3, 0.4) is 0 Å². The molecule has 16 heteroatoms. The Balaban J connectivity index is 0. The van der Waals surface area contributed by atoms with Gasteiger partial charge in [0.15, 0.2) is 11.5 Å². The van der Waals surface area contributed by atoms with Crippen LogP contribution >= 0.6 is 105 Å². The quantitative estimate of drug-likeness (QED) is 0.0555. The SMILES string of the molecule is C.C.C.C.C=C(C)C(=O)OC.C=CCn1c(-c2cc(C)sc2C)c(-c2cc(C)sc2C)oc1=O.CCC(Cn1c(-c2cc(C)sc2C)c(-c2cc(C)sc2C)oc1=O)CC(C)(C)C.[I][V]([I])[I]. The summed E-state index contributed by atoms with van der Waals surface area (Å²) in [6.07, 6.45) is 3.85. The summed E-state index contributed by atoms with van der Waals surface area (Å²) >= 11 is 14.4. The molecule has 0 spiro atoms. The van der Waals surface area contributed by atoms with Gasteiger partial charge < -0.3 is 13.6 Å². The van der Waals surface area contributed by atoms with E-state index in [9.17, 15) is 14.4 Å². The van der Waals surface area contributed by atoms with Crippen molar-refractivity contribution in [3.63, 3.8) is 0 Å². The number of carbonyl (C=O) groups excluding carboxylic acids is 1. The Bertz CT molecular complexity index is 2620. The third-order valence-corrected chi connectivity index (χ3v) is 13.6. The summed E-state index contributed by atoms with van der Waals surface area (Å²) < 4.78 is 19.4. The van der Waals surface area contributed by atoms with E-state index in [0.717, 1.165) is 57.1 Å². The number of aromatic nitrogens is 2. The van der Waals surface area contributed by atoms with Crippen molar-refractivity contribution in [1.82, 2.24) is 9.13 Å². The van der Waals surface area contributed by atoms with Gasteiger partial charge in [-0.1, -0.05) is 76.5 Å². The van der Waals surface area contributed by atoms with E-state index >= 15 is 0 Å². The normalized spacial score (nSPS) is 10.9. The molecular weight excluding hydrogens is 1300 g/mol. The van der Waals surface area contributed by atoms with Crippen LogP contribution in [-0.2, 0) is 27.5 Å². The molecule has 1 unspecified atom stereocenters. The molecule has 6 aromatic heterocycles. The van der Waals surface area contributed by atoms with Gasteiger partial charge in [-0.3, -0.25) is 9.13 Å². The van der Waals surface area contributed by atoms with Crippen molar-refractivity contribution in [1.29, 1.82) is 0 Å². The molecule has 0 saturated carbocycles. The van der Waals surface area contributed by atoms with E-state index in [4.69, 9.17) is 8.83 Å². The van der Waals surface area contributed by atoms with Gasteiger partial charge >= 0.3 is 82.3 Å². The van der Waals surface area contributed by atoms with Gasteiger partial charge in [0.2, 0.25) is 0 Å². The molecule has 0 aromatic carbocycles. The fourth-order valence-electron chi connectivity index (χ4n) is 7.25. The first kappa shape index (κ1) is 67.6. The zero-order chi connectivity index (χ0) is 47.7. The van der Waals surface area contributed by atoms with Crippen LogP contribution in [0.4, 0.5) is 0 Å². The van der Waals surface area contributed by atoms with Gasteiger partial charge in [0.05, 0.1) is 18.5 Å². The van der Waals surface area contributed by atoms with Crippen molar-refractivity contribution in [2.75, 3.05) is 7.11 Å². The number of halogens is 3. The fraction of sp³-hybridized carbons (Fsp3) is 0.471. The van der Waals surface area contributed by atoms with Gasteiger partial charge in [-0.2, -0.15) is 0 Å². The first-order chi connectivity index (χ1) is 29.3. The predicted octanol–water partition coefficient (Wildman–Crippen LogP) is 18.8. The minimum atomic E-state index is -0.347. The van der Waals surface area contributed by atoms with Crippen LogP contribution < -0.4 is 11.5 Å². The van der Waals surface area contributed by atoms with Crippen molar-refractivity contribution in [3.8, 4) is 45.2 Å². The second-order valence-corrected chi connectivity index (χ2v) is 57.6. The number of ether oxygens (including phenoxy) is 1. The molecule has 6 heterocycles. The maximum atomic E-state index is 13.1. The first-order valence-electron chi connectivity index (χ1n) is 20.2. The predicted molar refractivity (Wildman–Crippen MR) is 321 cm³/mol. The number of hydrogen-bond acceptors (Lipinski definition) is 10. The number of nitrogens with zero attached hydrogens (tertiary/aromatic N) is 2. The second kappa shape index (κ2) is 30.4. The van der Waals surface area contributed by atoms with Crippen molar-refractivity contribution in [2.24, 2.45) is 11.3 Å². The number of esters is 1. The monoisotopic (exact) mass is 1370 g/mol. The van der Waals surface area contributed by atoms with Crippen molar-refractivity contribution >= 4 is 111 Å². The molecule has 0 fully saturated rings. The van der Waals surface area contributed by atoms with E-state index in [-0.39, 0.29) is 57.5 Å². The Morgan fingerprint density at radius 3 is 1.30 bits per heavy atom. The van der Waals surface area contributed by atoms with Crippen molar-refractivity contribution in [3.05, 3.63) is 109 Å². The molecule has 8 nitrogen and oxygen atoms in total. The molecule has 67 heavy (non-hydrogen) atoms. The van der Waals surface area contributed by atoms with Crippen LogP contribution in [0.1, 0.15) is 116 Å². The number of carbonyl (C=O) groups is 1. The summed E-state index contributed by atoms with van der Waals surface area (Å²) in [5.74, 6) is 0.903. The van der Waals surface area contributed by atoms with Crippen LogP contribution in [0.5, 0.6) is 0 Å². The van der Waals surface area contributed by atoms with Crippen LogP contribution in [0.2, 0.25) is 0 Å². The number of hydrogen-bond donors (Lipinski definition) is 0. The third-order valence-electron chi connectivity index (χ3n) is 9.72. The van der Waals surface area contributed by atoms with Crippen LogP contribution in [-0.4, -0.2) is 22.2 Å². The summed E-state index contributed by atoms with van der Waals surface area (Å²) in [5, 5.41) is 0. The second-order valence-electron chi connectivity index (χ2n) is 16.4. The summed E-state index contributed by atoms with van der Waals surface area (Å²) in [7, 11) is 1.33. The van der Waals surface area contributed by atoms with Gasteiger partial charge in [-0.05, 0) is 104 Å². The van der Waals surface area contributed by atoms with E-state index in [1.165, 1.54) is 41.2 Å². The number of oxazole rings is 2. The molecule has 6 rings (SSSR count). The number of methoxy groups -OCH3 is 1. The Labute approximate surface area is 456 Å². The molecule has 0 amide bonds. The van der Waals surface area contributed by atoms with E-state index in [1.807, 2.05) is 4.57 Å². The molecular formula is C51H76I3N2O6S4V. The number of allylic oxidation sites excluding steroid dienone is 1. The van der Waals surface area contributed by atoms with Gasteiger partial charge in [0, 0.05) is 79.9 Å². The Morgan fingerprint density at radius 2 is 1.04 bits per heavy atom. The number of aryl methyl sites for hydroxylation is 8. The van der Waals surface area contributed by atoms with Gasteiger partial charge in [0.25, 0.3) is 0 Å². The molecule has 0 aliphatic heterocycles. The average Bonchev–Trinajstić information content (AvgIpc) is 4.00. The summed E-state index contributed by atoms with van der Waals surface area (Å²) in [6, 6.07) is 8.56. The molecule has 0 bridgehead atoms. The van der Waals surface area contributed by atoms with Crippen LogP contribution in [0.25, 0.3) is 45.2 Å². The Hall–Kier alpha value is -1.46. The molecule has 0 N–H and O–H groups in total. The van der Waals surface area contributed by atoms with Crippen LogP contribution in [0, 0.1) is 66.7 Å². The molecule has 0 aliphatic carbocycles. The van der Waals surface area contributed by atoms with Gasteiger partial charge in [0.1, 0.15) is 0 Å². The molecule has 376 valence electrons. The standard InChI is InChI=1S/C24H33NO2S2.C18H19NO2S2.C5H8O2.4CH4.3HI.V/c1-9-18(12-24(6,7)8)13-25-21(19-10-14(2)28-16(19)4)22(27-23(25)26)20-11-15(3)29-17(20)5;1-6-7-19-16(14-8-10(2)22-12(14)4)17(21-18(19)20)15-9-11(3)23-13(15)5;1-4(2)5(6)7-3;;;;;;;;/h10-11,18H,9,12-13H2,1-8H3;6,8-9H,1,7H2,2-5H3;1H2,2-3H3;4*1H4;3*1H;/q;;;;;;;;;;+3/p-3. The van der Waals surface area contributed by atoms with Gasteiger partial charge in [-0.25, -0.2) is 14.4 Å². The molecule has 0 saturated heterocycles. The number of rotatable bonds is 11. The molecule has 0 aliphatic rings. The maximum absolute atomic E-state index is 13.1. The van der Waals surface area contributed by atoms with E-state index < -0.39 is 0 Å².